The Bertz CT molecular complexity index is 800. The van der Waals surface area contributed by atoms with Crippen molar-refractivity contribution < 1.29 is 14.7 Å². The van der Waals surface area contributed by atoms with Gasteiger partial charge in [-0.15, -0.1) is 11.3 Å². The third-order valence-corrected chi connectivity index (χ3v) is 3.77. The van der Waals surface area contributed by atoms with Gasteiger partial charge in [0, 0.05) is 9.75 Å². The van der Waals surface area contributed by atoms with Crippen LogP contribution in [0.2, 0.25) is 0 Å². The third kappa shape index (κ3) is 3.59. The van der Waals surface area contributed by atoms with Crippen LogP contribution < -0.4 is 5.32 Å². The highest BCUT2D eigenvalue weighted by atomic mass is 32.1. The summed E-state index contributed by atoms with van der Waals surface area (Å²) in [5, 5.41) is 20.7. The highest BCUT2D eigenvalue weighted by Crippen LogP contribution is 2.20. The second kappa shape index (κ2) is 6.70. The molecule has 0 aliphatic rings. The SMILES string of the molecule is Cc1ccc(/C=C(\C#N)C(=O)Nc2ccccc2C(=O)O)s1. The summed E-state index contributed by atoms with van der Waals surface area (Å²) in [5.74, 6) is -1.78. The Hall–Kier alpha value is -2.91. The van der Waals surface area contributed by atoms with Gasteiger partial charge in [0.15, 0.2) is 0 Å². The molecule has 0 atom stereocenters. The van der Waals surface area contributed by atoms with Gasteiger partial charge in [-0.05, 0) is 37.3 Å². The molecule has 2 rings (SSSR count). The van der Waals surface area contributed by atoms with Crippen LogP contribution in [-0.2, 0) is 4.79 Å². The van der Waals surface area contributed by atoms with Crippen molar-refractivity contribution in [2.45, 2.75) is 6.92 Å². The molecule has 0 fully saturated rings. The molecule has 0 bridgehead atoms. The Labute approximate surface area is 131 Å². The largest absolute Gasteiger partial charge is 0.478 e. The molecule has 0 aliphatic carbocycles. The van der Waals surface area contributed by atoms with Crippen molar-refractivity contribution in [2.24, 2.45) is 0 Å². The number of benzene rings is 1. The lowest BCUT2D eigenvalue weighted by Crippen LogP contribution is -2.15. The highest BCUT2D eigenvalue weighted by molar-refractivity contribution is 7.12. The zero-order valence-corrected chi connectivity index (χ0v) is 12.5. The van der Waals surface area contributed by atoms with E-state index in [2.05, 4.69) is 5.32 Å². The van der Waals surface area contributed by atoms with Gasteiger partial charge in [-0.3, -0.25) is 4.79 Å². The van der Waals surface area contributed by atoms with Crippen molar-refractivity contribution in [1.29, 1.82) is 5.26 Å². The molecule has 0 spiro atoms. The number of aromatic carboxylic acids is 1. The molecule has 0 radical (unpaired) electrons. The van der Waals surface area contributed by atoms with Gasteiger partial charge >= 0.3 is 5.97 Å². The van der Waals surface area contributed by atoms with Crippen LogP contribution in [0.5, 0.6) is 0 Å². The second-order valence-corrected chi connectivity index (χ2v) is 5.74. The molecule has 0 saturated carbocycles. The van der Waals surface area contributed by atoms with E-state index in [-0.39, 0.29) is 16.8 Å². The minimum atomic E-state index is -1.15. The second-order valence-electron chi connectivity index (χ2n) is 4.42. The molecule has 0 unspecified atom stereocenters. The summed E-state index contributed by atoms with van der Waals surface area (Å²) in [7, 11) is 0. The topological polar surface area (TPSA) is 90.2 Å². The number of nitriles is 1. The maximum atomic E-state index is 12.1. The van der Waals surface area contributed by atoms with Crippen molar-refractivity contribution in [3.05, 3.63) is 57.3 Å². The number of aryl methyl sites for hydroxylation is 1. The molecule has 22 heavy (non-hydrogen) atoms. The lowest BCUT2D eigenvalue weighted by molar-refractivity contribution is -0.112. The summed E-state index contributed by atoms with van der Waals surface area (Å²) in [6, 6.07) is 11.6. The molecule has 0 aliphatic heterocycles. The Morgan fingerprint density at radius 1 is 1.27 bits per heavy atom. The number of para-hydroxylation sites is 1. The fraction of sp³-hybridized carbons (Fsp3) is 0.0625. The summed E-state index contributed by atoms with van der Waals surface area (Å²) in [4.78, 5) is 25.1. The summed E-state index contributed by atoms with van der Waals surface area (Å²) in [5.41, 5.74) is 0.0469. The van der Waals surface area contributed by atoms with E-state index in [1.54, 1.807) is 12.1 Å². The minimum absolute atomic E-state index is 0.0277. The Kier molecular flexibility index (Phi) is 4.71. The number of carboxylic acids is 1. The van der Waals surface area contributed by atoms with Gasteiger partial charge in [0.2, 0.25) is 0 Å². The molecule has 110 valence electrons. The fourth-order valence-corrected chi connectivity index (χ4v) is 2.61. The summed E-state index contributed by atoms with van der Waals surface area (Å²) in [6.45, 7) is 1.93. The smallest absolute Gasteiger partial charge is 0.337 e. The van der Waals surface area contributed by atoms with Gasteiger partial charge in [-0.2, -0.15) is 5.26 Å². The van der Waals surface area contributed by atoms with Gasteiger partial charge in [-0.1, -0.05) is 12.1 Å². The molecule has 6 heteroatoms. The number of anilines is 1. The number of carbonyl (C=O) groups excluding carboxylic acids is 1. The number of amides is 1. The Morgan fingerprint density at radius 3 is 2.59 bits per heavy atom. The highest BCUT2D eigenvalue weighted by Gasteiger charge is 2.14. The quantitative estimate of drug-likeness (QED) is 0.669. The molecule has 5 nitrogen and oxygen atoms in total. The zero-order valence-electron chi connectivity index (χ0n) is 11.7. The van der Waals surface area contributed by atoms with Crippen molar-refractivity contribution in [1.82, 2.24) is 0 Å². The van der Waals surface area contributed by atoms with E-state index in [0.717, 1.165) is 9.75 Å². The normalized spacial score (nSPS) is 10.8. The van der Waals surface area contributed by atoms with Crippen LogP contribution in [0.25, 0.3) is 6.08 Å². The lowest BCUT2D eigenvalue weighted by Gasteiger charge is -2.07. The van der Waals surface area contributed by atoms with Gasteiger partial charge in [0.1, 0.15) is 11.6 Å². The average Bonchev–Trinajstić information content (AvgIpc) is 2.90. The first kappa shape index (κ1) is 15.5. The van der Waals surface area contributed by atoms with E-state index in [4.69, 9.17) is 10.4 Å². The van der Waals surface area contributed by atoms with Crippen LogP contribution in [0.15, 0.2) is 42.0 Å². The monoisotopic (exact) mass is 312 g/mol. The zero-order chi connectivity index (χ0) is 16.1. The number of nitrogens with one attached hydrogen (secondary N) is 1. The van der Waals surface area contributed by atoms with Crippen LogP contribution in [0.4, 0.5) is 5.69 Å². The average molecular weight is 312 g/mol. The fourth-order valence-electron chi connectivity index (χ4n) is 1.79. The van der Waals surface area contributed by atoms with Gasteiger partial charge in [0.25, 0.3) is 5.91 Å². The number of thiophene rings is 1. The molecule has 0 saturated heterocycles. The molecular weight excluding hydrogens is 300 g/mol. The molecule has 2 aromatic rings. The molecule has 2 N–H and O–H groups in total. The van der Waals surface area contributed by atoms with Gasteiger partial charge < -0.3 is 10.4 Å². The van der Waals surface area contributed by atoms with Crippen LogP contribution in [0, 0.1) is 18.3 Å². The van der Waals surface area contributed by atoms with Crippen molar-refractivity contribution in [3.8, 4) is 6.07 Å². The summed E-state index contributed by atoms with van der Waals surface area (Å²) in [6.07, 6.45) is 1.48. The first-order chi connectivity index (χ1) is 10.5. The van der Waals surface area contributed by atoms with Crippen LogP contribution in [0.1, 0.15) is 20.1 Å². The molecular formula is C16H12N2O3S. The van der Waals surface area contributed by atoms with Gasteiger partial charge in [-0.25, -0.2) is 4.79 Å². The summed E-state index contributed by atoms with van der Waals surface area (Å²) < 4.78 is 0. The standard InChI is InChI=1S/C16H12N2O3S/c1-10-6-7-12(22-10)8-11(9-17)15(19)18-14-5-3-2-4-13(14)16(20)21/h2-8H,1H3,(H,18,19)(H,20,21)/b11-8+. The number of rotatable bonds is 4. The van der Waals surface area contributed by atoms with Crippen LogP contribution in [0.3, 0.4) is 0 Å². The molecule has 1 aromatic heterocycles. The predicted octanol–water partition coefficient (Wildman–Crippen LogP) is 3.30. The number of carboxylic acid groups (broad SMARTS) is 1. The maximum Gasteiger partial charge on any atom is 0.337 e. The van der Waals surface area contributed by atoms with E-state index < -0.39 is 11.9 Å². The number of hydrogen-bond donors (Lipinski definition) is 2. The molecule has 1 heterocycles. The van der Waals surface area contributed by atoms with Gasteiger partial charge in [0.05, 0.1) is 11.3 Å². The number of hydrogen-bond acceptors (Lipinski definition) is 4. The molecule has 1 amide bonds. The Balaban J connectivity index is 2.26. The summed E-state index contributed by atoms with van der Waals surface area (Å²) >= 11 is 1.46. The van der Waals surface area contributed by atoms with E-state index in [1.807, 2.05) is 25.1 Å². The minimum Gasteiger partial charge on any atom is -0.478 e. The predicted molar refractivity (Wildman–Crippen MR) is 84.7 cm³/mol. The van der Waals surface area contributed by atoms with E-state index in [1.165, 1.54) is 29.5 Å². The number of carbonyl (C=O) groups is 2. The maximum absolute atomic E-state index is 12.1. The van der Waals surface area contributed by atoms with E-state index in [0.29, 0.717) is 0 Å². The van der Waals surface area contributed by atoms with Crippen LogP contribution in [-0.4, -0.2) is 17.0 Å². The first-order valence-corrected chi connectivity index (χ1v) is 7.15. The van der Waals surface area contributed by atoms with E-state index in [9.17, 15) is 9.59 Å². The van der Waals surface area contributed by atoms with Crippen molar-refractivity contribution in [3.63, 3.8) is 0 Å². The van der Waals surface area contributed by atoms with Crippen LogP contribution >= 0.6 is 11.3 Å². The first-order valence-electron chi connectivity index (χ1n) is 6.33. The van der Waals surface area contributed by atoms with Crippen molar-refractivity contribution >= 4 is 35.0 Å². The third-order valence-electron chi connectivity index (χ3n) is 2.82. The molecule has 1 aromatic carbocycles. The lowest BCUT2D eigenvalue weighted by atomic mass is 10.1. The number of nitrogens with zero attached hydrogens (tertiary/aromatic N) is 1. The van der Waals surface area contributed by atoms with E-state index >= 15 is 0 Å². The van der Waals surface area contributed by atoms with Crippen molar-refractivity contribution in [2.75, 3.05) is 5.32 Å². The Morgan fingerprint density at radius 2 is 2.00 bits per heavy atom.